The zero-order chi connectivity index (χ0) is 20.3. The molecule has 3 rings (SSSR count). The summed E-state index contributed by atoms with van der Waals surface area (Å²) >= 11 is 5.82. The van der Waals surface area contributed by atoms with Crippen molar-refractivity contribution in [3.8, 4) is 0 Å². The number of amides is 2. The van der Waals surface area contributed by atoms with Crippen LogP contribution in [0.5, 0.6) is 0 Å². The predicted octanol–water partition coefficient (Wildman–Crippen LogP) is 2.48. The second kappa shape index (κ2) is 8.30. The van der Waals surface area contributed by atoms with Crippen LogP contribution in [0.3, 0.4) is 0 Å². The van der Waals surface area contributed by atoms with Crippen molar-refractivity contribution in [1.82, 2.24) is 4.31 Å². The minimum absolute atomic E-state index is 0.171. The Balaban J connectivity index is 1.59. The molecule has 2 aromatic rings. The van der Waals surface area contributed by atoms with Gasteiger partial charge in [-0.15, -0.1) is 0 Å². The largest absolute Gasteiger partial charge is 0.366 e. The summed E-state index contributed by atoms with van der Waals surface area (Å²) in [5.74, 6) is -0.991. The van der Waals surface area contributed by atoms with Gasteiger partial charge in [-0.1, -0.05) is 11.6 Å². The van der Waals surface area contributed by atoms with Crippen molar-refractivity contribution < 1.29 is 18.0 Å². The average Bonchev–Trinajstić information content (AvgIpc) is 2.69. The molecule has 7 nitrogen and oxygen atoms in total. The van der Waals surface area contributed by atoms with Crippen LogP contribution in [0.4, 0.5) is 5.69 Å². The van der Waals surface area contributed by atoms with Crippen LogP contribution >= 0.6 is 11.6 Å². The maximum absolute atomic E-state index is 12.7. The lowest BCUT2D eigenvalue weighted by Crippen LogP contribution is -2.41. The van der Waals surface area contributed by atoms with Gasteiger partial charge in [0.15, 0.2) is 0 Å². The Hall–Kier alpha value is -2.42. The van der Waals surface area contributed by atoms with Gasteiger partial charge in [0.05, 0.1) is 4.90 Å². The first kappa shape index (κ1) is 20.3. The number of nitrogens with two attached hydrogens (primary N) is 1. The number of nitrogens with one attached hydrogen (secondary N) is 1. The molecule has 0 radical (unpaired) electrons. The third-order valence-corrected chi connectivity index (χ3v) is 6.88. The van der Waals surface area contributed by atoms with Gasteiger partial charge in [0.1, 0.15) is 0 Å². The molecule has 0 spiro atoms. The van der Waals surface area contributed by atoms with Crippen LogP contribution < -0.4 is 11.1 Å². The van der Waals surface area contributed by atoms with Gasteiger partial charge in [-0.2, -0.15) is 4.31 Å². The molecule has 2 amide bonds. The fourth-order valence-corrected chi connectivity index (χ4v) is 4.67. The zero-order valence-electron chi connectivity index (χ0n) is 15.0. The van der Waals surface area contributed by atoms with Crippen LogP contribution in [0.25, 0.3) is 0 Å². The molecule has 0 atom stereocenters. The quantitative estimate of drug-likeness (QED) is 0.772. The molecule has 0 aromatic heterocycles. The fourth-order valence-electron chi connectivity index (χ4n) is 3.08. The summed E-state index contributed by atoms with van der Waals surface area (Å²) < 4.78 is 26.8. The standard InChI is InChI=1S/C19H20ClN3O4S/c20-15-3-7-17(8-4-15)28(26,27)23-11-9-14(10-12-23)19(25)22-16-5-1-13(2-6-16)18(21)24/h1-8,14H,9-12H2,(H2,21,24)(H,22,25). The van der Waals surface area contributed by atoms with Crippen molar-refractivity contribution in [2.45, 2.75) is 17.7 Å². The van der Waals surface area contributed by atoms with Crippen molar-refractivity contribution in [2.24, 2.45) is 11.7 Å². The van der Waals surface area contributed by atoms with Gasteiger partial charge in [-0.05, 0) is 61.4 Å². The molecule has 148 valence electrons. The Morgan fingerprint density at radius 3 is 2.11 bits per heavy atom. The number of halogens is 1. The first-order valence-electron chi connectivity index (χ1n) is 8.74. The van der Waals surface area contributed by atoms with Crippen molar-refractivity contribution >= 4 is 39.1 Å². The lowest BCUT2D eigenvalue weighted by molar-refractivity contribution is -0.120. The molecule has 9 heteroatoms. The molecular formula is C19H20ClN3O4S. The fraction of sp³-hybridized carbons (Fsp3) is 0.263. The molecular weight excluding hydrogens is 402 g/mol. The number of sulfonamides is 1. The predicted molar refractivity (Wildman–Crippen MR) is 107 cm³/mol. The number of hydrogen-bond acceptors (Lipinski definition) is 4. The van der Waals surface area contributed by atoms with Gasteiger partial charge in [-0.3, -0.25) is 9.59 Å². The van der Waals surface area contributed by atoms with E-state index in [4.69, 9.17) is 17.3 Å². The summed E-state index contributed by atoms with van der Waals surface area (Å²) in [6, 6.07) is 12.3. The van der Waals surface area contributed by atoms with Crippen LogP contribution in [0.15, 0.2) is 53.4 Å². The normalized spacial score (nSPS) is 15.9. The topological polar surface area (TPSA) is 110 Å². The molecule has 28 heavy (non-hydrogen) atoms. The molecule has 3 N–H and O–H groups in total. The zero-order valence-corrected chi connectivity index (χ0v) is 16.5. The molecule has 0 saturated carbocycles. The molecule has 0 unspecified atom stereocenters. The van der Waals surface area contributed by atoms with Crippen molar-refractivity contribution in [3.63, 3.8) is 0 Å². The highest BCUT2D eigenvalue weighted by atomic mass is 35.5. The number of carbonyl (C=O) groups is 2. The number of primary amides is 1. The second-order valence-corrected chi connectivity index (χ2v) is 8.94. The van der Waals surface area contributed by atoms with E-state index in [2.05, 4.69) is 5.32 Å². The van der Waals surface area contributed by atoms with Gasteiger partial charge in [0.25, 0.3) is 0 Å². The third-order valence-electron chi connectivity index (χ3n) is 4.71. The molecule has 1 aliphatic rings. The average molecular weight is 422 g/mol. The summed E-state index contributed by atoms with van der Waals surface area (Å²) in [5, 5.41) is 3.27. The first-order chi connectivity index (χ1) is 13.3. The number of carbonyl (C=O) groups excluding carboxylic acids is 2. The molecule has 1 heterocycles. The Kier molecular flexibility index (Phi) is 6.02. The van der Waals surface area contributed by atoms with Crippen LogP contribution in [0.1, 0.15) is 23.2 Å². The summed E-state index contributed by atoms with van der Waals surface area (Å²) in [5.41, 5.74) is 6.11. The van der Waals surface area contributed by atoms with E-state index in [9.17, 15) is 18.0 Å². The second-order valence-electron chi connectivity index (χ2n) is 6.56. The summed E-state index contributed by atoms with van der Waals surface area (Å²) in [7, 11) is -3.60. The van der Waals surface area contributed by atoms with E-state index >= 15 is 0 Å². The van der Waals surface area contributed by atoms with E-state index in [0.717, 1.165) is 0 Å². The van der Waals surface area contributed by atoms with Gasteiger partial charge in [-0.25, -0.2) is 8.42 Å². The van der Waals surface area contributed by atoms with Gasteiger partial charge in [0.2, 0.25) is 21.8 Å². The SMILES string of the molecule is NC(=O)c1ccc(NC(=O)C2CCN(S(=O)(=O)c3ccc(Cl)cc3)CC2)cc1. The van der Waals surface area contributed by atoms with Crippen molar-refractivity contribution in [1.29, 1.82) is 0 Å². The van der Waals surface area contributed by atoms with Gasteiger partial charge >= 0.3 is 0 Å². The molecule has 1 saturated heterocycles. The Labute approximate surface area is 168 Å². The number of anilines is 1. The number of piperidine rings is 1. The minimum atomic E-state index is -3.60. The monoisotopic (exact) mass is 421 g/mol. The number of nitrogens with zero attached hydrogens (tertiary/aromatic N) is 1. The highest BCUT2D eigenvalue weighted by Crippen LogP contribution is 2.25. The van der Waals surface area contributed by atoms with Gasteiger partial charge < -0.3 is 11.1 Å². The van der Waals surface area contributed by atoms with E-state index in [-0.39, 0.29) is 29.8 Å². The first-order valence-corrected chi connectivity index (χ1v) is 10.6. The lowest BCUT2D eigenvalue weighted by atomic mass is 9.97. The van der Waals surface area contributed by atoms with Crippen LogP contribution in [-0.2, 0) is 14.8 Å². The van der Waals surface area contributed by atoms with Gasteiger partial charge in [0, 0.05) is 35.3 Å². The van der Waals surface area contributed by atoms with E-state index < -0.39 is 15.9 Å². The summed E-state index contributed by atoms with van der Waals surface area (Å²) in [4.78, 5) is 23.7. The Morgan fingerprint density at radius 2 is 1.57 bits per heavy atom. The van der Waals surface area contributed by atoms with Crippen LogP contribution in [0.2, 0.25) is 5.02 Å². The molecule has 1 aliphatic heterocycles. The molecule has 0 aliphatic carbocycles. The van der Waals surface area contributed by atoms with E-state index in [1.807, 2.05) is 0 Å². The highest BCUT2D eigenvalue weighted by Gasteiger charge is 2.32. The van der Waals surface area contributed by atoms with E-state index in [1.54, 1.807) is 24.3 Å². The highest BCUT2D eigenvalue weighted by molar-refractivity contribution is 7.89. The maximum atomic E-state index is 12.7. The van der Waals surface area contributed by atoms with E-state index in [1.165, 1.54) is 28.6 Å². The summed E-state index contributed by atoms with van der Waals surface area (Å²) in [6.45, 7) is 0.535. The molecule has 2 aromatic carbocycles. The Morgan fingerprint density at radius 1 is 1.00 bits per heavy atom. The number of hydrogen-bond donors (Lipinski definition) is 2. The third kappa shape index (κ3) is 4.52. The van der Waals surface area contributed by atoms with Crippen molar-refractivity contribution in [2.75, 3.05) is 18.4 Å². The van der Waals surface area contributed by atoms with Crippen LogP contribution in [0, 0.1) is 5.92 Å². The smallest absolute Gasteiger partial charge is 0.248 e. The number of rotatable bonds is 5. The van der Waals surface area contributed by atoms with Crippen molar-refractivity contribution in [3.05, 3.63) is 59.1 Å². The Bertz CT molecular complexity index is 967. The van der Waals surface area contributed by atoms with E-state index in [0.29, 0.717) is 29.1 Å². The number of benzene rings is 2. The lowest BCUT2D eigenvalue weighted by Gasteiger charge is -2.30. The maximum Gasteiger partial charge on any atom is 0.248 e. The summed E-state index contributed by atoms with van der Waals surface area (Å²) in [6.07, 6.45) is 0.857. The van der Waals surface area contributed by atoms with Crippen LogP contribution in [-0.4, -0.2) is 37.6 Å². The molecule has 0 bridgehead atoms. The molecule has 1 fully saturated rings. The minimum Gasteiger partial charge on any atom is -0.366 e.